The molecule has 0 radical (unpaired) electrons. The van der Waals surface area contributed by atoms with Crippen molar-refractivity contribution in [3.05, 3.63) is 65.2 Å². The molecule has 0 N–H and O–H groups in total. The maximum absolute atomic E-state index is 12.0. The van der Waals surface area contributed by atoms with Gasteiger partial charge in [-0.1, -0.05) is 43.3 Å². The molecule has 1 aliphatic rings. The maximum Gasteiger partial charge on any atom is 0.313 e. The van der Waals surface area contributed by atoms with Crippen LogP contribution in [-0.2, 0) is 22.6 Å². The Morgan fingerprint density at radius 3 is 2.17 bits per heavy atom. The predicted molar refractivity (Wildman–Crippen MR) is 92.4 cm³/mol. The lowest BCUT2D eigenvalue weighted by Gasteiger charge is -2.19. The van der Waals surface area contributed by atoms with Gasteiger partial charge in [0, 0.05) is 18.8 Å². The standard InChI is InChI=1S/C20H23NO2/c1-3-19(20(22)23-4-2)15-9-11-18(12-10-15)21-13-16-7-5-6-8-17(16)14-21/h5-12,19H,3-4,13-14H2,1-2H3. The van der Waals surface area contributed by atoms with Crippen molar-refractivity contribution < 1.29 is 9.53 Å². The molecule has 2 aromatic rings. The van der Waals surface area contributed by atoms with Gasteiger partial charge in [-0.05, 0) is 42.2 Å². The third-order valence-electron chi connectivity index (χ3n) is 4.48. The molecule has 1 atom stereocenters. The average Bonchev–Trinajstić information content (AvgIpc) is 3.00. The smallest absolute Gasteiger partial charge is 0.313 e. The largest absolute Gasteiger partial charge is 0.466 e. The fraction of sp³-hybridized carbons (Fsp3) is 0.350. The summed E-state index contributed by atoms with van der Waals surface area (Å²) >= 11 is 0. The van der Waals surface area contributed by atoms with E-state index in [0.29, 0.717) is 6.61 Å². The number of carbonyl (C=O) groups is 1. The van der Waals surface area contributed by atoms with Crippen LogP contribution in [0.5, 0.6) is 0 Å². The van der Waals surface area contributed by atoms with Crippen molar-refractivity contribution in [1.29, 1.82) is 0 Å². The van der Waals surface area contributed by atoms with Crippen LogP contribution in [0.3, 0.4) is 0 Å². The lowest BCUT2D eigenvalue weighted by molar-refractivity contribution is -0.145. The minimum absolute atomic E-state index is 0.128. The summed E-state index contributed by atoms with van der Waals surface area (Å²) in [6.45, 7) is 6.19. The number of anilines is 1. The molecule has 3 rings (SSSR count). The highest BCUT2D eigenvalue weighted by Crippen LogP contribution is 2.30. The first-order chi connectivity index (χ1) is 11.2. The number of benzene rings is 2. The first-order valence-electron chi connectivity index (χ1n) is 8.31. The Bertz CT molecular complexity index is 653. The Morgan fingerprint density at radius 1 is 1.04 bits per heavy atom. The average molecular weight is 309 g/mol. The number of hydrogen-bond donors (Lipinski definition) is 0. The van der Waals surface area contributed by atoms with Crippen molar-refractivity contribution in [2.24, 2.45) is 0 Å². The van der Waals surface area contributed by atoms with Gasteiger partial charge in [0.05, 0.1) is 12.5 Å². The second kappa shape index (κ2) is 6.86. The summed E-state index contributed by atoms with van der Waals surface area (Å²) in [5.41, 5.74) is 5.03. The van der Waals surface area contributed by atoms with E-state index in [1.807, 2.05) is 13.8 Å². The van der Waals surface area contributed by atoms with Crippen molar-refractivity contribution in [3.8, 4) is 0 Å². The molecular formula is C20H23NO2. The summed E-state index contributed by atoms with van der Waals surface area (Å²) in [7, 11) is 0. The molecule has 1 aliphatic heterocycles. The van der Waals surface area contributed by atoms with Gasteiger partial charge in [-0.25, -0.2) is 0 Å². The molecule has 23 heavy (non-hydrogen) atoms. The van der Waals surface area contributed by atoms with E-state index in [1.54, 1.807) is 0 Å². The third-order valence-corrected chi connectivity index (χ3v) is 4.48. The number of ether oxygens (including phenoxy) is 1. The topological polar surface area (TPSA) is 29.5 Å². The molecule has 0 saturated carbocycles. The van der Waals surface area contributed by atoms with Crippen LogP contribution in [0.15, 0.2) is 48.5 Å². The molecule has 0 aromatic heterocycles. The fourth-order valence-electron chi connectivity index (χ4n) is 3.21. The zero-order chi connectivity index (χ0) is 16.2. The maximum atomic E-state index is 12.0. The van der Waals surface area contributed by atoms with Gasteiger partial charge in [-0.3, -0.25) is 4.79 Å². The SMILES string of the molecule is CCOC(=O)C(CC)c1ccc(N2Cc3ccccc3C2)cc1. The summed E-state index contributed by atoms with van der Waals surface area (Å²) in [5.74, 6) is -0.295. The van der Waals surface area contributed by atoms with Crippen LogP contribution in [0.4, 0.5) is 5.69 Å². The quantitative estimate of drug-likeness (QED) is 0.773. The van der Waals surface area contributed by atoms with Gasteiger partial charge in [0.15, 0.2) is 0 Å². The van der Waals surface area contributed by atoms with E-state index in [-0.39, 0.29) is 11.9 Å². The number of rotatable bonds is 5. The molecule has 0 fully saturated rings. The molecule has 0 amide bonds. The van der Waals surface area contributed by atoms with E-state index >= 15 is 0 Å². The third kappa shape index (κ3) is 3.24. The second-order valence-electron chi connectivity index (χ2n) is 5.93. The van der Waals surface area contributed by atoms with Crippen LogP contribution in [-0.4, -0.2) is 12.6 Å². The van der Waals surface area contributed by atoms with E-state index in [4.69, 9.17) is 4.74 Å². The number of esters is 1. The van der Waals surface area contributed by atoms with Crippen molar-refractivity contribution in [2.75, 3.05) is 11.5 Å². The summed E-state index contributed by atoms with van der Waals surface area (Å²) in [6.07, 6.45) is 0.757. The predicted octanol–water partition coefficient (Wildman–Crippen LogP) is 4.26. The first kappa shape index (κ1) is 15.6. The molecule has 1 heterocycles. The Morgan fingerprint density at radius 2 is 1.65 bits per heavy atom. The van der Waals surface area contributed by atoms with Gasteiger partial charge in [0.2, 0.25) is 0 Å². The van der Waals surface area contributed by atoms with Crippen molar-refractivity contribution >= 4 is 11.7 Å². The monoisotopic (exact) mass is 309 g/mol. The molecular weight excluding hydrogens is 286 g/mol. The summed E-state index contributed by atoms with van der Waals surface area (Å²) in [6, 6.07) is 16.9. The fourth-order valence-corrected chi connectivity index (χ4v) is 3.21. The molecule has 2 aromatic carbocycles. The van der Waals surface area contributed by atoms with Crippen LogP contribution >= 0.6 is 0 Å². The lowest BCUT2D eigenvalue weighted by Crippen LogP contribution is -2.16. The van der Waals surface area contributed by atoms with Gasteiger partial charge in [0.25, 0.3) is 0 Å². The number of nitrogens with zero attached hydrogens (tertiary/aromatic N) is 1. The molecule has 0 spiro atoms. The van der Waals surface area contributed by atoms with Crippen molar-refractivity contribution in [1.82, 2.24) is 0 Å². The van der Waals surface area contributed by atoms with Crippen molar-refractivity contribution in [2.45, 2.75) is 39.3 Å². The van der Waals surface area contributed by atoms with E-state index < -0.39 is 0 Å². The molecule has 1 unspecified atom stereocenters. The van der Waals surface area contributed by atoms with Crippen molar-refractivity contribution in [3.63, 3.8) is 0 Å². The normalized spacial score (nSPS) is 14.4. The molecule has 0 saturated heterocycles. The summed E-state index contributed by atoms with van der Waals surface area (Å²) < 4.78 is 5.17. The minimum Gasteiger partial charge on any atom is -0.466 e. The van der Waals surface area contributed by atoms with Crippen LogP contribution in [0.25, 0.3) is 0 Å². The highest BCUT2D eigenvalue weighted by molar-refractivity contribution is 5.78. The first-order valence-corrected chi connectivity index (χ1v) is 8.31. The zero-order valence-electron chi connectivity index (χ0n) is 13.8. The molecule has 0 aliphatic carbocycles. The molecule has 3 heteroatoms. The van der Waals surface area contributed by atoms with Crippen LogP contribution in [0, 0.1) is 0 Å². The Kier molecular flexibility index (Phi) is 4.65. The van der Waals surface area contributed by atoms with Gasteiger partial charge < -0.3 is 9.64 Å². The van der Waals surface area contributed by atoms with Crippen LogP contribution in [0.1, 0.15) is 42.9 Å². The van der Waals surface area contributed by atoms with E-state index in [9.17, 15) is 4.79 Å². The zero-order valence-corrected chi connectivity index (χ0v) is 13.8. The molecule has 3 nitrogen and oxygen atoms in total. The Labute approximate surface area is 137 Å². The number of hydrogen-bond acceptors (Lipinski definition) is 3. The second-order valence-corrected chi connectivity index (χ2v) is 5.93. The van der Waals surface area contributed by atoms with Gasteiger partial charge in [-0.2, -0.15) is 0 Å². The van der Waals surface area contributed by atoms with Gasteiger partial charge >= 0.3 is 5.97 Å². The Balaban J connectivity index is 1.74. The highest BCUT2D eigenvalue weighted by Gasteiger charge is 2.21. The highest BCUT2D eigenvalue weighted by atomic mass is 16.5. The summed E-state index contributed by atoms with van der Waals surface area (Å²) in [4.78, 5) is 14.4. The molecule has 0 bridgehead atoms. The van der Waals surface area contributed by atoms with Crippen LogP contribution in [0.2, 0.25) is 0 Å². The minimum atomic E-state index is -0.167. The lowest BCUT2D eigenvalue weighted by atomic mass is 9.96. The number of carbonyl (C=O) groups excluding carboxylic acids is 1. The van der Waals surface area contributed by atoms with Gasteiger partial charge in [-0.15, -0.1) is 0 Å². The van der Waals surface area contributed by atoms with E-state index in [1.165, 1.54) is 16.8 Å². The summed E-state index contributed by atoms with van der Waals surface area (Å²) in [5, 5.41) is 0. The van der Waals surface area contributed by atoms with Crippen LogP contribution < -0.4 is 4.90 Å². The number of fused-ring (bicyclic) bond motifs is 1. The van der Waals surface area contributed by atoms with Gasteiger partial charge in [0.1, 0.15) is 0 Å². The van der Waals surface area contributed by atoms with E-state index in [0.717, 1.165) is 25.1 Å². The Hall–Kier alpha value is -2.29. The van der Waals surface area contributed by atoms with E-state index in [2.05, 4.69) is 53.4 Å². The molecule has 120 valence electrons.